The highest BCUT2D eigenvalue weighted by molar-refractivity contribution is 9.10. The van der Waals surface area contributed by atoms with E-state index in [1.54, 1.807) is 24.3 Å². The highest BCUT2D eigenvalue weighted by Gasteiger charge is 2.11. The van der Waals surface area contributed by atoms with Crippen LogP contribution < -0.4 is 10.9 Å². The third kappa shape index (κ3) is 2.32. The van der Waals surface area contributed by atoms with Gasteiger partial charge in [0, 0.05) is 5.56 Å². The van der Waals surface area contributed by atoms with Crippen LogP contribution in [-0.2, 0) is 0 Å². The van der Waals surface area contributed by atoms with Crippen molar-refractivity contribution in [2.75, 3.05) is 5.32 Å². The molecule has 2 heterocycles. The molecule has 100 valence electrons. The summed E-state index contributed by atoms with van der Waals surface area (Å²) >= 11 is 3.12. The summed E-state index contributed by atoms with van der Waals surface area (Å²) in [5, 5.41) is 2.53. The van der Waals surface area contributed by atoms with E-state index in [4.69, 9.17) is 0 Å². The van der Waals surface area contributed by atoms with Gasteiger partial charge in [0.25, 0.3) is 11.5 Å². The van der Waals surface area contributed by atoms with Crippen LogP contribution in [0.15, 0.2) is 39.9 Å². The number of anilines is 1. The van der Waals surface area contributed by atoms with Gasteiger partial charge in [0.05, 0.1) is 0 Å². The van der Waals surface area contributed by atoms with Gasteiger partial charge < -0.3 is 4.98 Å². The summed E-state index contributed by atoms with van der Waals surface area (Å²) in [4.78, 5) is 37.0. The largest absolute Gasteiger partial charge is 0.327 e. The molecule has 3 N–H and O–H groups in total. The fourth-order valence-electron chi connectivity index (χ4n) is 1.71. The summed E-state index contributed by atoms with van der Waals surface area (Å²) < 4.78 is 0.400. The molecule has 2 aromatic heterocycles. The molecule has 1 aromatic carbocycles. The van der Waals surface area contributed by atoms with Crippen molar-refractivity contribution >= 4 is 38.9 Å². The van der Waals surface area contributed by atoms with E-state index >= 15 is 0 Å². The predicted molar refractivity (Wildman–Crippen MR) is 76.6 cm³/mol. The molecule has 3 rings (SSSR count). The zero-order valence-corrected chi connectivity index (χ0v) is 11.6. The highest BCUT2D eigenvalue weighted by atomic mass is 79.9. The van der Waals surface area contributed by atoms with Crippen molar-refractivity contribution in [1.29, 1.82) is 0 Å². The Labute approximate surface area is 120 Å². The normalized spacial score (nSPS) is 10.7. The first-order valence-corrected chi connectivity index (χ1v) is 6.45. The lowest BCUT2D eigenvalue weighted by atomic mass is 10.2. The van der Waals surface area contributed by atoms with Crippen molar-refractivity contribution in [3.8, 4) is 0 Å². The van der Waals surface area contributed by atoms with Crippen LogP contribution in [0.2, 0.25) is 0 Å². The van der Waals surface area contributed by atoms with Gasteiger partial charge in [-0.15, -0.1) is 0 Å². The second-order valence-corrected chi connectivity index (χ2v) is 4.71. The lowest BCUT2D eigenvalue weighted by Crippen LogP contribution is -2.18. The van der Waals surface area contributed by atoms with Gasteiger partial charge in [0.15, 0.2) is 15.9 Å². The van der Waals surface area contributed by atoms with Crippen LogP contribution in [0.25, 0.3) is 11.2 Å². The SMILES string of the molecule is O=C(Nc1nc2nc(Br)[nH]c2c(=O)[nH]1)c1ccccc1. The zero-order valence-electron chi connectivity index (χ0n) is 9.98. The van der Waals surface area contributed by atoms with Gasteiger partial charge in [-0.3, -0.25) is 19.9 Å². The van der Waals surface area contributed by atoms with Crippen LogP contribution in [0.1, 0.15) is 10.4 Å². The maximum absolute atomic E-state index is 12.0. The lowest BCUT2D eigenvalue weighted by molar-refractivity contribution is 0.102. The molecule has 0 aliphatic heterocycles. The van der Waals surface area contributed by atoms with E-state index in [1.807, 2.05) is 6.07 Å². The average molecular weight is 334 g/mol. The Morgan fingerprint density at radius 2 is 1.90 bits per heavy atom. The summed E-state index contributed by atoms with van der Waals surface area (Å²) in [5.41, 5.74) is 0.536. The molecule has 0 unspecified atom stereocenters. The van der Waals surface area contributed by atoms with E-state index in [1.165, 1.54) is 0 Å². The minimum absolute atomic E-state index is 0.0513. The molecule has 0 aliphatic rings. The maximum Gasteiger partial charge on any atom is 0.278 e. The molecule has 0 bridgehead atoms. The number of carbonyl (C=O) groups is 1. The van der Waals surface area contributed by atoms with Crippen molar-refractivity contribution in [2.24, 2.45) is 0 Å². The number of hydrogen-bond donors (Lipinski definition) is 3. The van der Waals surface area contributed by atoms with Crippen LogP contribution in [-0.4, -0.2) is 25.8 Å². The van der Waals surface area contributed by atoms with Gasteiger partial charge in [-0.2, -0.15) is 4.98 Å². The van der Waals surface area contributed by atoms with Gasteiger partial charge >= 0.3 is 0 Å². The Balaban J connectivity index is 1.95. The van der Waals surface area contributed by atoms with E-state index in [-0.39, 0.29) is 23.0 Å². The summed E-state index contributed by atoms with van der Waals surface area (Å²) in [7, 11) is 0. The number of nitrogens with one attached hydrogen (secondary N) is 3. The number of fused-ring (bicyclic) bond motifs is 1. The van der Waals surface area contributed by atoms with Gasteiger partial charge in [-0.1, -0.05) is 18.2 Å². The van der Waals surface area contributed by atoms with Gasteiger partial charge in [0.2, 0.25) is 5.95 Å². The second-order valence-electron chi connectivity index (χ2n) is 3.96. The molecule has 0 fully saturated rings. The topological polar surface area (TPSA) is 104 Å². The molecule has 20 heavy (non-hydrogen) atoms. The fraction of sp³-hybridized carbons (Fsp3) is 0. The first kappa shape index (κ1) is 12.5. The number of aromatic amines is 2. The average Bonchev–Trinajstić information content (AvgIpc) is 2.81. The molecule has 0 spiro atoms. The standard InChI is InChI=1S/C12H8BrN5O2/c13-11-14-7-8(15-11)16-12(18-10(7)20)17-9(19)6-4-2-1-3-5-6/h1-5H,(H3,14,15,16,17,18,19,20). The third-order valence-corrected chi connectivity index (χ3v) is 2.98. The van der Waals surface area contributed by atoms with Crippen molar-refractivity contribution in [3.05, 3.63) is 51.0 Å². The number of halogens is 1. The van der Waals surface area contributed by atoms with E-state index in [0.717, 1.165) is 0 Å². The second kappa shape index (κ2) is 4.89. The molecular formula is C12H8BrN5O2. The molecule has 0 radical (unpaired) electrons. The number of imidazole rings is 1. The third-order valence-electron chi connectivity index (χ3n) is 2.60. The van der Waals surface area contributed by atoms with Gasteiger partial charge in [-0.25, -0.2) is 4.98 Å². The monoisotopic (exact) mass is 333 g/mol. The van der Waals surface area contributed by atoms with E-state index in [2.05, 4.69) is 41.2 Å². The number of nitrogens with zero attached hydrogens (tertiary/aromatic N) is 2. The van der Waals surface area contributed by atoms with Crippen LogP contribution >= 0.6 is 15.9 Å². The van der Waals surface area contributed by atoms with Crippen molar-refractivity contribution in [3.63, 3.8) is 0 Å². The number of H-pyrrole nitrogens is 2. The van der Waals surface area contributed by atoms with Crippen LogP contribution in [0.4, 0.5) is 5.95 Å². The Morgan fingerprint density at radius 3 is 2.65 bits per heavy atom. The Bertz CT molecular complexity index is 840. The van der Waals surface area contributed by atoms with E-state index < -0.39 is 5.56 Å². The van der Waals surface area contributed by atoms with Crippen LogP contribution in [0.5, 0.6) is 0 Å². The van der Waals surface area contributed by atoms with Gasteiger partial charge in [-0.05, 0) is 28.1 Å². The minimum atomic E-state index is -0.406. The highest BCUT2D eigenvalue weighted by Crippen LogP contribution is 2.11. The Hall–Kier alpha value is -2.48. The maximum atomic E-state index is 12.0. The molecule has 8 heteroatoms. The molecule has 0 atom stereocenters. The summed E-state index contributed by atoms with van der Waals surface area (Å²) in [5.74, 6) is -0.307. The zero-order chi connectivity index (χ0) is 14.1. The molecular weight excluding hydrogens is 326 g/mol. The number of amides is 1. The van der Waals surface area contributed by atoms with Crippen molar-refractivity contribution in [1.82, 2.24) is 19.9 Å². The predicted octanol–water partition coefficient (Wildman–Crippen LogP) is 1.66. The van der Waals surface area contributed by atoms with Crippen LogP contribution in [0, 0.1) is 0 Å². The molecule has 0 saturated carbocycles. The molecule has 0 aliphatic carbocycles. The number of rotatable bonds is 2. The molecule has 0 saturated heterocycles. The number of carbonyl (C=O) groups excluding carboxylic acids is 1. The quantitative estimate of drug-likeness (QED) is 0.620. The lowest BCUT2D eigenvalue weighted by Gasteiger charge is -2.03. The number of benzene rings is 1. The number of hydrogen-bond acceptors (Lipinski definition) is 4. The summed E-state index contributed by atoms with van der Waals surface area (Å²) in [6.07, 6.45) is 0. The first-order chi connectivity index (χ1) is 9.63. The number of aromatic nitrogens is 4. The van der Waals surface area contributed by atoms with E-state index in [9.17, 15) is 9.59 Å². The van der Waals surface area contributed by atoms with Crippen molar-refractivity contribution < 1.29 is 4.79 Å². The molecule has 7 nitrogen and oxygen atoms in total. The van der Waals surface area contributed by atoms with Crippen LogP contribution in [0.3, 0.4) is 0 Å². The smallest absolute Gasteiger partial charge is 0.278 e. The van der Waals surface area contributed by atoms with Gasteiger partial charge in [0.1, 0.15) is 0 Å². The molecule has 1 amide bonds. The Morgan fingerprint density at radius 1 is 1.15 bits per heavy atom. The molecule has 3 aromatic rings. The van der Waals surface area contributed by atoms with Crippen molar-refractivity contribution in [2.45, 2.75) is 0 Å². The summed E-state index contributed by atoms with van der Waals surface area (Å²) in [6.45, 7) is 0. The Kier molecular flexibility index (Phi) is 3.07. The minimum Gasteiger partial charge on any atom is -0.327 e. The first-order valence-electron chi connectivity index (χ1n) is 5.65. The van der Waals surface area contributed by atoms with E-state index in [0.29, 0.717) is 10.3 Å². The summed E-state index contributed by atoms with van der Waals surface area (Å²) in [6, 6.07) is 8.64. The fourth-order valence-corrected chi connectivity index (χ4v) is 2.07.